The average molecular weight is 239 g/mol. The molecular formula is C15H29NO. The van der Waals surface area contributed by atoms with Crippen molar-refractivity contribution >= 4 is 0 Å². The highest BCUT2D eigenvalue weighted by molar-refractivity contribution is 5.06. The minimum absolute atomic E-state index is 0.0763. The van der Waals surface area contributed by atoms with E-state index in [0.717, 1.165) is 25.9 Å². The van der Waals surface area contributed by atoms with Crippen molar-refractivity contribution in [3.05, 3.63) is 0 Å². The molecule has 1 N–H and O–H groups in total. The highest BCUT2D eigenvalue weighted by Crippen LogP contribution is 2.52. The third-order valence-electron chi connectivity index (χ3n) is 5.11. The fourth-order valence-electron chi connectivity index (χ4n) is 4.09. The molecule has 1 spiro atoms. The first-order chi connectivity index (χ1) is 7.87. The van der Waals surface area contributed by atoms with Crippen LogP contribution in [0.2, 0.25) is 0 Å². The Hall–Kier alpha value is -0.0800. The van der Waals surface area contributed by atoms with Crippen molar-refractivity contribution < 1.29 is 4.74 Å². The Morgan fingerprint density at radius 1 is 1.18 bits per heavy atom. The molecule has 0 amide bonds. The lowest BCUT2D eigenvalue weighted by Crippen LogP contribution is -2.61. The Balaban J connectivity index is 2.21. The summed E-state index contributed by atoms with van der Waals surface area (Å²) >= 11 is 0. The van der Waals surface area contributed by atoms with E-state index in [1.165, 1.54) is 12.8 Å². The minimum Gasteiger partial charge on any atom is -0.366 e. The first kappa shape index (κ1) is 13.4. The van der Waals surface area contributed by atoms with Crippen LogP contribution in [0.3, 0.4) is 0 Å². The molecule has 2 aliphatic rings. The van der Waals surface area contributed by atoms with Crippen LogP contribution in [-0.2, 0) is 4.74 Å². The van der Waals surface area contributed by atoms with Gasteiger partial charge in [-0.25, -0.2) is 0 Å². The van der Waals surface area contributed by atoms with Crippen molar-refractivity contribution in [2.24, 2.45) is 11.3 Å². The van der Waals surface area contributed by atoms with Crippen LogP contribution in [0.25, 0.3) is 0 Å². The molecule has 1 heterocycles. The van der Waals surface area contributed by atoms with Gasteiger partial charge in [0.2, 0.25) is 0 Å². The van der Waals surface area contributed by atoms with Gasteiger partial charge < -0.3 is 10.1 Å². The van der Waals surface area contributed by atoms with E-state index in [4.69, 9.17) is 4.74 Å². The Labute approximate surface area is 107 Å². The lowest BCUT2D eigenvalue weighted by atomic mass is 9.84. The number of hydrogen-bond donors (Lipinski definition) is 1. The molecule has 0 aromatic rings. The van der Waals surface area contributed by atoms with E-state index in [1.54, 1.807) is 0 Å². The van der Waals surface area contributed by atoms with Crippen LogP contribution < -0.4 is 5.32 Å². The average Bonchev–Trinajstić information content (AvgIpc) is 2.48. The van der Waals surface area contributed by atoms with E-state index >= 15 is 0 Å². The maximum atomic E-state index is 6.71. The highest BCUT2D eigenvalue weighted by atomic mass is 16.5. The molecule has 1 aliphatic heterocycles. The molecule has 1 saturated heterocycles. The molecule has 1 aliphatic carbocycles. The molecule has 2 atom stereocenters. The van der Waals surface area contributed by atoms with Crippen molar-refractivity contribution in [3.8, 4) is 0 Å². The van der Waals surface area contributed by atoms with E-state index in [-0.39, 0.29) is 11.2 Å². The summed E-state index contributed by atoms with van der Waals surface area (Å²) in [5.74, 6) is 0.669. The molecule has 2 unspecified atom stereocenters. The molecule has 0 aromatic heterocycles. The minimum atomic E-state index is 0.0763. The number of morpholine rings is 1. The largest absolute Gasteiger partial charge is 0.366 e. The van der Waals surface area contributed by atoms with Gasteiger partial charge in [0.25, 0.3) is 0 Å². The smallest absolute Gasteiger partial charge is 0.0845 e. The molecule has 2 fully saturated rings. The van der Waals surface area contributed by atoms with Crippen LogP contribution in [0, 0.1) is 11.3 Å². The second-order valence-electron chi connectivity index (χ2n) is 7.11. The van der Waals surface area contributed by atoms with Gasteiger partial charge in [-0.15, -0.1) is 0 Å². The van der Waals surface area contributed by atoms with Crippen LogP contribution in [0.15, 0.2) is 0 Å². The second-order valence-corrected chi connectivity index (χ2v) is 7.11. The second kappa shape index (κ2) is 4.24. The van der Waals surface area contributed by atoms with E-state index in [0.29, 0.717) is 11.3 Å². The molecule has 0 radical (unpaired) electrons. The molecule has 17 heavy (non-hydrogen) atoms. The summed E-state index contributed by atoms with van der Waals surface area (Å²) < 4.78 is 6.71. The van der Waals surface area contributed by atoms with Gasteiger partial charge in [0.1, 0.15) is 0 Å². The maximum absolute atomic E-state index is 6.71. The summed E-state index contributed by atoms with van der Waals surface area (Å²) in [6.45, 7) is 13.7. The monoisotopic (exact) mass is 239 g/mol. The number of rotatable bonds is 2. The molecule has 2 nitrogen and oxygen atoms in total. The predicted octanol–water partition coefficient (Wildman–Crippen LogP) is 3.36. The first-order valence-corrected chi connectivity index (χ1v) is 7.28. The summed E-state index contributed by atoms with van der Waals surface area (Å²) in [5, 5.41) is 3.65. The fourth-order valence-corrected chi connectivity index (χ4v) is 4.09. The molecule has 100 valence electrons. The van der Waals surface area contributed by atoms with Crippen LogP contribution in [0.5, 0.6) is 0 Å². The highest BCUT2D eigenvalue weighted by Gasteiger charge is 2.54. The molecule has 1 saturated carbocycles. The zero-order chi connectivity index (χ0) is 12.7. The summed E-state index contributed by atoms with van der Waals surface area (Å²) in [7, 11) is 0. The summed E-state index contributed by atoms with van der Waals surface area (Å²) in [5.41, 5.74) is 0.604. The molecule has 2 heteroatoms. The zero-order valence-electron chi connectivity index (χ0n) is 12.2. The summed E-state index contributed by atoms with van der Waals surface area (Å²) in [6.07, 6.45) is 4.73. The number of nitrogens with one attached hydrogen (secondary N) is 1. The van der Waals surface area contributed by atoms with Gasteiger partial charge >= 0.3 is 0 Å². The lowest BCUT2D eigenvalue weighted by molar-refractivity contribution is -0.196. The fraction of sp³-hybridized carbons (Fsp3) is 1.00. The molecule has 0 aromatic carbocycles. The predicted molar refractivity (Wildman–Crippen MR) is 72.2 cm³/mol. The van der Waals surface area contributed by atoms with Gasteiger partial charge in [-0.3, -0.25) is 0 Å². The molecule has 0 bridgehead atoms. The van der Waals surface area contributed by atoms with Gasteiger partial charge in [-0.1, -0.05) is 34.6 Å². The van der Waals surface area contributed by atoms with Crippen LogP contribution in [-0.4, -0.2) is 24.3 Å². The van der Waals surface area contributed by atoms with Crippen molar-refractivity contribution in [1.82, 2.24) is 5.32 Å². The normalized spacial score (nSPS) is 39.7. The van der Waals surface area contributed by atoms with E-state index in [1.807, 2.05) is 0 Å². The van der Waals surface area contributed by atoms with Crippen LogP contribution in [0.1, 0.15) is 60.3 Å². The van der Waals surface area contributed by atoms with Crippen LogP contribution in [0.4, 0.5) is 0 Å². The van der Waals surface area contributed by atoms with Crippen molar-refractivity contribution in [2.75, 3.05) is 13.1 Å². The lowest BCUT2D eigenvalue weighted by Gasteiger charge is -2.49. The van der Waals surface area contributed by atoms with E-state index < -0.39 is 0 Å². The van der Waals surface area contributed by atoms with Gasteiger partial charge in [-0.2, -0.15) is 0 Å². The van der Waals surface area contributed by atoms with Gasteiger partial charge in [0.15, 0.2) is 0 Å². The third kappa shape index (κ3) is 2.26. The van der Waals surface area contributed by atoms with Crippen LogP contribution >= 0.6 is 0 Å². The van der Waals surface area contributed by atoms with Crippen molar-refractivity contribution in [3.63, 3.8) is 0 Å². The molecular weight excluding hydrogens is 210 g/mol. The van der Waals surface area contributed by atoms with E-state index in [9.17, 15) is 0 Å². The standard InChI is InChI=1S/C15H29NO/c1-6-14(7-2)10-16-11-15(17-14)9-13(4,5)8-12(15)3/h12,16H,6-11H2,1-5H3. The Morgan fingerprint density at radius 2 is 1.82 bits per heavy atom. The van der Waals surface area contributed by atoms with E-state index in [2.05, 4.69) is 39.9 Å². The van der Waals surface area contributed by atoms with Gasteiger partial charge in [0.05, 0.1) is 11.2 Å². The Morgan fingerprint density at radius 3 is 2.29 bits per heavy atom. The molecule has 2 rings (SSSR count). The van der Waals surface area contributed by atoms with Gasteiger partial charge in [0, 0.05) is 13.1 Å². The topological polar surface area (TPSA) is 21.3 Å². The summed E-state index contributed by atoms with van der Waals surface area (Å²) in [4.78, 5) is 0. The van der Waals surface area contributed by atoms with Gasteiger partial charge in [-0.05, 0) is 37.0 Å². The zero-order valence-corrected chi connectivity index (χ0v) is 12.2. The number of hydrogen-bond acceptors (Lipinski definition) is 2. The summed E-state index contributed by atoms with van der Waals surface area (Å²) in [6, 6.07) is 0. The number of ether oxygens (including phenoxy) is 1. The van der Waals surface area contributed by atoms with Crippen molar-refractivity contribution in [2.45, 2.75) is 71.5 Å². The Bertz CT molecular complexity index is 283. The quantitative estimate of drug-likeness (QED) is 0.798. The van der Waals surface area contributed by atoms with Crippen molar-refractivity contribution in [1.29, 1.82) is 0 Å². The maximum Gasteiger partial charge on any atom is 0.0845 e. The SMILES string of the molecule is CCC1(CC)CNCC2(CC(C)(C)CC2C)O1. The first-order valence-electron chi connectivity index (χ1n) is 7.28. The third-order valence-corrected chi connectivity index (χ3v) is 5.11. The Kier molecular flexibility index (Phi) is 3.33.